The molecular formula is C17H19ClF3N3O2. The number of H-pyrrole nitrogens is 1. The average molecular weight is 390 g/mol. The van der Waals surface area contributed by atoms with Crippen LogP contribution in [0.4, 0.5) is 13.2 Å². The second kappa shape index (κ2) is 8.55. The van der Waals surface area contributed by atoms with Crippen LogP contribution in [0, 0.1) is 0 Å². The van der Waals surface area contributed by atoms with Crippen LogP contribution in [-0.4, -0.2) is 40.3 Å². The van der Waals surface area contributed by atoms with Crippen molar-refractivity contribution in [2.45, 2.75) is 32.7 Å². The van der Waals surface area contributed by atoms with Gasteiger partial charge in [0, 0.05) is 24.2 Å². The van der Waals surface area contributed by atoms with Crippen LogP contribution < -0.4 is 0 Å². The molecule has 0 saturated heterocycles. The van der Waals surface area contributed by atoms with Crippen molar-refractivity contribution < 1.29 is 22.7 Å². The van der Waals surface area contributed by atoms with E-state index in [1.165, 1.54) is 4.90 Å². The van der Waals surface area contributed by atoms with Gasteiger partial charge in [0.15, 0.2) is 5.69 Å². The molecule has 0 atom stereocenters. The van der Waals surface area contributed by atoms with E-state index in [-0.39, 0.29) is 31.5 Å². The zero-order valence-corrected chi connectivity index (χ0v) is 15.1. The van der Waals surface area contributed by atoms with E-state index >= 15 is 0 Å². The highest BCUT2D eigenvalue weighted by molar-refractivity contribution is 6.31. The summed E-state index contributed by atoms with van der Waals surface area (Å²) in [6, 6.07) is 7.66. The highest BCUT2D eigenvalue weighted by Gasteiger charge is 2.35. The maximum atomic E-state index is 12.7. The van der Waals surface area contributed by atoms with Crippen molar-refractivity contribution in [2.75, 3.05) is 13.2 Å². The second-order valence-corrected chi connectivity index (χ2v) is 6.31. The normalized spacial score (nSPS) is 11.8. The van der Waals surface area contributed by atoms with Crippen molar-refractivity contribution in [3.8, 4) is 0 Å². The molecule has 1 aromatic heterocycles. The van der Waals surface area contributed by atoms with Crippen LogP contribution in [0.5, 0.6) is 0 Å². The number of rotatable bonds is 7. The highest BCUT2D eigenvalue weighted by atomic mass is 35.5. The molecule has 2 rings (SSSR count). The zero-order valence-electron chi connectivity index (χ0n) is 14.3. The number of hydrogen-bond acceptors (Lipinski definition) is 3. The van der Waals surface area contributed by atoms with Crippen LogP contribution in [-0.2, 0) is 17.5 Å². The summed E-state index contributed by atoms with van der Waals surface area (Å²) >= 11 is 6.13. The van der Waals surface area contributed by atoms with E-state index in [0.29, 0.717) is 16.7 Å². The maximum absolute atomic E-state index is 12.7. The van der Waals surface area contributed by atoms with Crippen LogP contribution in [0.25, 0.3) is 0 Å². The number of halogens is 4. The fourth-order valence-electron chi connectivity index (χ4n) is 2.23. The van der Waals surface area contributed by atoms with Gasteiger partial charge in [-0.2, -0.15) is 18.3 Å². The van der Waals surface area contributed by atoms with Crippen molar-refractivity contribution in [2.24, 2.45) is 0 Å². The van der Waals surface area contributed by atoms with E-state index < -0.39 is 17.8 Å². The molecule has 0 saturated carbocycles. The molecule has 0 aliphatic rings. The average Bonchev–Trinajstić information content (AvgIpc) is 3.05. The maximum Gasteiger partial charge on any atom is 0.435 e. The lowest BCUT2D eigenvalue weighted by Gasteiger charge is -2.23. The topological polar surface area (TPSA) is 58.2 Å². The molecule has 0 fully saturated rings. The molecule has 1 amide bonds. The van der Waals surface area contributed by atoms with Gasteiger partial charge in [-0.15, -0.1) is 0 Å². The Bertz CT molecular complexity index is 747. The summed E-state index contributed by atoms with van der Waals surface area (Å²) in [4.78, 5) is 14.0. The van der Waals surface area contributed by atoms with Gasteiger partial charge < -0.3 is 9.64 Å². The predicted molar refractivity (Wildman–Crippen MR) is 90.9 cm³/mol. The molecule has 9 heteroatoms. The van der Waals surface area contributed by atoms with E-state index in [9.17, 15) is 18.0 Å². The summed E-state index contributed by atoms with van der Waals surface area (Å²) in [6.07, 6.45) is -4.65. The lowest BCUT2D eigenvalue weighted by atomic mass is 10.2. The fraction of sp³-hybridized carbons (Fsp3) is 0.412. The molecule has 5 nitrogen and oxygen atoms in total. The van der Waals surface area contributed by atoms with Crippen molar-refractivity contribution in [1.29, 1.82) is 0 Å². The lowest BCUT2D eigenvalue weighted by molar-refractivity contribution is -0.141. The minimum absolute atomic E-state index is 0.0312. The van der Waals surface area contributed by atoms with Crippen molar-refractivity contribution in [3.63, 3.8) is 0 Å². The molecule has 1 aromatic carbocycles. The van der Waals surface area contributed by atoms with Crippen LogP contribution >= 0.6 is 11.6 Å². The molecular weight excluding hydrogens is 371 g/mol. The van der Waals surface area contributed by atoms with E-state index in [4.69, 9.17) is 16.3 Å². The predicted octanol–water partition coefficient (Wildman–Crippen LogP) is 4.15. The van der Waals surface area contributed by atoms with Gasteiger partial charge in [-0.25, -0.2) is 0 Å². The first-order valence-corrected chi connectivity index (χ1v) is 8.33. The lowest BCUT2D eigenvalue weighted by Crippen LogP contribution is -2.34. The molecule has 1 N–H and O–H groups in total. The number of aromatic amines is 1. The van der Waals surface area contributed by atoms with E-state index in [1.807, 2.05) is 13.8 Å². The number of carbonyl (C=O) groups is 1. The number of carbonyl (C=O) groups excluding carboxylic acids is 1. The molecule has 0 bridgehead atoms. The molecule has 0 spiro atoms. The third-order valence-electron chi connectivity index (χ3n) is 3.52. The van der Waals surface area contributed by atoms with Gasteiger partial charge in [0.25, 0.3) is 5.91 Å². The van der Waals surface area contributed by atoms with Gasteiger partial charge >= 0.3 is 6.18 Å². The Labute approximate surface area is 154 Å². The van der Waals surface area contributed by atoms with E-state index in [2.05, 4.69) is 10.2 Å². The second-order valence-electron chi connectivity index (χ2n) is 5.90. The van der Waals surface area contributed by atoms with Crippen LogP contribution in [0.15, 0.2) is 30.3 Å². The summed E-state index contributed by atoms with van der Waals surface area (Å²) in [5.74, 6) is -0.611. The molecule has 0 aliphatic carbocycles. The molecule has 142 valence electrons. The SMILES string of the molecule is CC(C)OCCN(Cc1ccccc1Cl)C(=O)c1cc(C(F)(F)F)n[nH]1. The molecule has 0 unspecified atom stereocenters. The molecule has 0 radical (unpaired) electrons. The van der Waals surface area contributed by atoms with Crippen molar-refractivity contribution >= 4 is 17.5 Å². The molecule has 1 heterocycles. The Morgan fingerprint density at radius 3 is 2.62 bits per heavy atom. The molecule has 0 aliphatic heterocycles. The zero-order chi connectivity index (χ0) is 19.3. The van der Waals surface area contributed by atoms with Gasteiger partial charge in [-0.1, -0.05) is 29.8 Å². The largest absolute Gasteiger partial charge is 0.435 e. The minimum Gasteiger partial charge on any atom is -0.377 e. The first-order chi connectivity index (χ1) is 12.2. The highest BCUT2D eigenvalue weighted by Crippen LogP contribution is 2.28. The number of hydrogen-bond donors (Lipinski definition) is 1. The van der Waals surface area contributed by atoms with Gasteiger partial charge in [0.2, 0.25) is 0 Å². The minimum atomic E-state index is -4.62. The number of nitrogens with one attached hydrogen (secondary N) is 1. The van der Waals surface area contributed by atoms with Crippen LogP contribution in [0.2, 0.25) is 5.02 Å². The van der Waals surface area contributed by atoms with Crippen molar-refractivity contribution in [3.05, 3.63) is 52.3 Å². The standard InChI is InChI=1S/C17H19ClF3N3O2/c1-11(2)26-8-7-24(10-12-5-3-4-6-13(12)18)16(25)14-9-15(23-22-14)17(19,20)21/h3-6,9,11H,7-8,10H2,1-2H3,(H,22,23). The smallest absolute Gasteiger partial charge is 0.377 e. The van der Waals surface area contributed by atoms with E-state index in [1.54, 1.807) is 24.3 Å². The Balaban J connectivity index is 2.20. The monoisotopic (exact) mass is 389 g/mol. The number of amides is 1. The Kier molecular flexibility index (Phi) is 6.66. The molecule has 26 heavy (non-hydrogen) atoms. The third-order valence-corrected chi connectivity index (χ3v) is 3.89. The first-order valence-electron chi connectivity index (χ1n) is 7.95. The van der Waals surface area contributed by atoms with Gasteiger partial charge in [-0.3, -0.25) is 9.89 Å². The Morgan fingerprint density at radius 2 is 2.04 bits per heavy atom. The summed E-state index contributed by atoms with van der Waals surface area (Å²) in [5, 5.41) is 5.79. The van der Waals surface area contributed by atoms with Gasteiger partial charge in [0.1, 0.15) is 5.69 Å². The third kappa shape index (κ3) is 5.47. The van der Waals surface area contributed by atoms with Crippen LogP contribution in [0.3, 0.4) is 0 Å². The Hall–Kier alpha value is -2.06. The summed E-state index contributed by atoms with van der Waals surface area (Å²) in [6.45, 7) is 4.28. The van der Waals surface area contributed by atoms with Crippen LogP contribution in [0.1, 0.15) is 35.6 Å². The van der Waals surface area contributed by atoms with Crippen molar-refractivity contribution in [1.82, 2.24) is 15.1 Å². The number of benzene rings is 1. The van der Waals surface area contributed by atoms with E-state index in [0.717, 1.165) is 0 Å². The fourth-order valence-corrected chi connectivity index (χ4v) is 2.43. The molecule has 2 aromatic rings. The quantitative estimate of drug-likeness (QED) is 0.774. The summed E-state index contributed by atoms with van der Waals surface area (Å²) in [7, 11) is 0. The number of ether oxygens (including phenoxy) is 1. The number of aromatic nitrogens is 2. The Morgan fingerprint density at radius 1 is 1.35 bits per heavy atom. The first kappa shape index (κ1) is 20.3. The number of alkyl halides is 3. The summed E-state index contributed by atoms with van der Waals surface area (Å²) in [5.41, 5.74) is -0.700. The summed E-state index contributed by atoms with van der Waals surface area (Å²) < 4.78 is 43.6. The van der Waals surface area contributed by atoms with Gasteiger partial charge in [0.05, 0.1) is 12.7 Å². The van der Waals surface area contributed by atoms with Gasteiger partial charge in [-0.05, 0) is 25.5 Å². The number of nitrogens with zero attached hydrogens (tertiary/aromatic N) is 2.